The van der Waals surface area contributed by atoms with Gasteiger partial charge in [-0.1, -0.05) is 6.42 Å². The average molecular weight is 298 g/mol. The molecule has 2 N–H and O–H groups in total. The predicted octanol–water partition coefficient (Wildman–Crippen LogP) is 0.488. The van der Waals surface area contributed by atoms with E-state index in [1.807, 2.05) is 0 Å². The Hall–Kier alpha value is -0.690. The van der Waals surface area contributed by atoms with Crippen LogP contribution in [0.2, 0.25) is 0 Å². The normalized spacial score (nSPS) is 54.6. The molecule has 4 aliphatic rings. The maximum atomic E-state index is 12.6. The number of rotatable bonds is 0. The van der Waals surface area contributed by atoms with E-state index in [0.29, 0.717) is 12.8 Å². The summed E-state index contributed by atoms with van der Waals surface area (Å²) in [6, 6.07) is 0. The van der Waals surface area contributed by atoms with Crippen LogP contribution in [0.5, 0.6) is 0 Å². The van der Waals surface area contributed by atoms with Crippen molar-refractivity contribution >= 4 is 5.97 Å². The van der Waals surface area contributed by atoms with Crippen LogP contribution in [0.15, 0.2) is 0 Å². The smallest absolute Gasteiger partial charge is 0.342 e. The molecule has 6 nitrogen and oxygen atoms in total. The first-order valence-electron chi connectivity index (χ1n) is 7.79. The quantitative estimate of drug-likeness (QED) is 0.633. The lowest BCUT2D eigenvalue weighted by Gasteiger charge is -2.49. The Morgan fingerprint density at radius 2 is 2.05 bits per heavy atom. The van der Waals surface area contributed by atoms with Crippen LogP contribution < -0.4 is 0 Å². The van der Waals surface area contributed by atoms with E-state index in [0.717, 1.165) is 12.8 Å². The van der Waals surface area contributed by atoms with E-state index < -0.39 is 47.2 Å². The van der Waals surface area contributed by atoms with Crippen LogP contribution in [0.1, 0.15) is 46.0 Å². The summed E-state index contributed by atoms with van der Waals surface area (Å²) in [5.74, 6) is -1.92. The third kappa shape index (κ3) is 1.59. The minimum absolute atomic E-state index is 0.193. The Bertz CT molecular complexity index is 491. The molecule has 4 rings (SSSR count). The molecule has 1 spiro atoms. The number of ether oxygens (including phenoxy) is 3. The summed E-state index contributed by atoms with van der Waals surface area (Å²) >= 11 is 0. The fraction of sp³-hybridized carbons (Fsp3) is 0.933. The maximum Gasteiger partial charge on any atom is 0.342 e. The molecular weight excluding hydrogens is 276 g/mol. The molecule has 4 fully saturated rings. The molecule has 2 aliphatic carbocycles. The predicted molar refractivity (Wildman–Crippen MR) is 70.2 cm³/mol. The summed E-state index contributed by atoms with van der Waals surface area (Å²) in [5, 5.41) is 21.6. The molecule has 0 bridgehead atoms. The summed E-state index contributed by atoms with van der Waals surface area (Å²) in [5.41, 5.74) is -2.61. The van der Waals surface area contributed by atoms with Crippen LogP contribution in [0.3, 0.4) is 0 Å². The van der Waals surface area contributed by atoms with Crippen molar-refractivity contribution in [2.24, 2.45) is 5.92 Å². The first-order valence-corrected chi connectivity index (χ1v) is 7.79. The standard InChI is InChI=1S/C15H22O6/c1-13(2)20-10-7-9(16)14(18)6-4-3-5-8-11(14)15(10,21-13)12(17)19-8/h8-11,16,18H,3-7H2,1-2H3/t8-,9+,10-,11-,14-,15-/m1/s1. The van der Waals surface area contributed by atoms with Crippen LogP contribution >= 0.6 is 0 Å². The Labute approximate surface area is 123 Å². The molecule has 0 unspecified atom stereocenters. The fourth-order valence-corrected chi connectivity index (χ4v) is 4.90. The Morgan fingerprint density at radius 1 is 1.29 bits per heavy atom. The Kier molecular flexibility index (Phi) is 2.64. The molecule has 0 radical (unpaired) electrons. The maximum absolute atomic E-state index is 12.6. The summed E-state index contributed by atoms with van der Waals surface area (Å²) in [7, 11) is 0. The monoisotopic (exact) mass is 298 g/mol. The largest absolute Gasteiger partial charge is 0.460 e. The van der Waals surface area contributed by atoms with Gasteiger partial charge in [0.25, 0.3) is 0 Å². The lowest BCUT2D eigenvalue weighted by Crippen LogP contribution is -2.68. The molecule has 0 amide bonds. The molecule has 2 saturated heterocycles. The molecular formula is C15H22O6. The van der Waals surface area contributed by atoms with Gasteiger partial charge in [0, 0.05) is 6.42 Å². The van der Waals surface area contributed by atoms with E-state index in [-0.39, 0.29) is 6.42 Å². The van der Waals surface area contributed by atoms with Gasteiger partial charge in [0.05, 0.1) is 12.0 Å². The molecule has 21 heavy (non-hydrogen) atoms. The van der Waals surface area contributed by atoms with Crippen LogP contribution in [-0.4, -0.2) is 51.5 Å². The van der Waals surface area contributed by atoms with Crippen molar-refractivity contribution in [1.82, 2.24) is 0 Å². The minimum Gasteiger partial charge on any atom is -0.460 e. The highest BCUT2D eigenvalue weighted by molar-refractivity contribution is 5.84. The van der Waals surface area contributed by atoms with Gasteiger partial charge in [-0.05, 0) is 33.1 Å². The van der Waals surface area contributed by atoms with Crippen molar-refractivity contribution in [3.63, 3.8) is 0 Å². The van der Waals surface area contributed by atoms with Gasteiger partial charge in [0.15, 0.2) is 5.79 Å². The first-order chi connectivity index (χ1) is 9.80. The number of hydrogen-bond donors (Lipinski definition) is 2. The fourth-order valence-electron chi connectivity index (χ4n) is 4.90. The third-order valence-electron chi connectivity index (χ3n) is 5.60. The highest BCUT2D eigenvalue weighted by atomic mass is 16.8. The first kappa shape index (κ1) is 13.9. The van der Waals surface area contributed by atoms with Crippen LogP contribution in [0.4, 0.5) is 0 Å². The van der Waals surface area contributed by atoms with Crippen LogP contribution in [0.25, 0.3) is 0 Å². The van der Waals surface area contributed by atoms with E-state index in [9.17, 15) is 15.0 Å². The number of aliphatic hydroxyl groups is 2. The van der Waals surface area contributed by atoms with Crippen molar-refractivity contribution in [2.45, 2.75) is 81.3 Å². The molecule has 0 aromatic heterocycles. The number of aliphatic hydroxyl groups excluding tert-OH is 1. The Balaban J connectivity index is 1.87. The molecule has 2 saturated carbocycles. The van der Waals surface area contributed by atoms with Crippen molar-refractivity contribution in [3.05, 3.63) is 0 Å². The van der Waals surface area contributed by atoms with Gasteiger partial charge in [-0.25, -0.2) is 4.79 Å². The summed E-state index contributed by atoms with van der Waals surface area (Å²) in [6.07, 6.45) is 1.14. The van der Waals surface area contributed by atoms with Crippen molar-refractivity contribution in [1.29, 1.82) is 0 Å². The molecule has 6 heteroatoms. The van der Waals surface area contributed by atoms with Gasteiger partial charge in [-0.15, -0.1) is 0 Å². The lowest BCUT2D eigenvalue weighted by atomic mass is 9.62. The molecule has 2 aliphatic heterocycles. The zero-order valence-electron chi connectivity index (χ0n) is 12.4. The van der Waals surface area contributed by atoms with Gasteiger partial charge in [0.2, 0.25) is 5.60 Å². The molecule has 0 aromatic carbocycles. The van der Waals surface area contributed by atoms with E-state index in [4.69, 9.17) is 14.2 Å². The van der Waals surface area contributed by atoms with Gasteiger partial charge >= 0.3 is 5.97 Å². The highest BCUT2D eigenvalue weighted by Crippen LogP contribution is 2.59. The second kappa shape index (κ2) is 3.98. The van der Waals surface area contributed by atoms with Gasteiger partial charge in [-0.3, -0.25) is 0 Å². The van der Waals surface area contributed by atoms with Crippen molar-refractivity contribution in [3.8, 4) is 0 Å². The average Bonchev–Trinajstić information content (AvgIpc) is 2.72. The summed E-state index contributed by atoms with van der Waals surface area (Å²) in [4.78, 5) is 12.6. The zero-order chi connectivity index (χ0) is 15.0. The summed E-state index contributed by atoms with van der Waals surface area (Å²) < 4.78 is 17.4. The second-order valence-electron chi connectivity index (χ2n) is 7.31. The number of carbonyl (C=O) groups excluding carboxylic acids is 1. The second-order valence-corrected chi connectivity index (χ2v) is 7.31. The Morgan fingerprint density at radius 3 is 2.81 bits per heavy atom. The molecule has 2 heterocycles. The number of hydrogen-bond acceptors (Lipinski definition) is 6. The van der Waals surface area contributed by atoms with E-state index in [1.54, 1.807) is 13.8 Å². The van der Waals surface area contributed by atoms with Gasteiger partial charge in [-0.2, -0.15) is 0 Å². The van der Waals surface area contributed by atoms with E-state index in [2.05, 4.69) is 0 Å². The van der Waals surface area contributed by atoms with Crippen LogP contribution in [0, 0.1) is 5.92 Å². The number of esters is 1. The highest BCUT2D eigenvalue weighted by Gasteiger charge is 2.77. The van der Waals surface area contributed by atoms with E-state index >= 15 is 0 Å². The van der Waals surface area contributed by atoms with Gasteiger partial charge in [0.1, 0.15) is 17.8 Å². The van der Waals surface area contributed by atoms with E-state index in [1.165, 1.54) is 0 Å². The van der Waals surface area contributed by atoms with Crippen molar-refractivity contribution in [2.75, 3.05) is 0 Å². The molecule has 0 aromatic rings. The third-order valence-corrected chi connectivity index (χ3v) is 5.60. The van der Waals surface area contributed by atoms with Gasteiger partial charge < -0.3 is 24.4 Å². The zero-order valence-corrected chi connectivity index (χ0v) is 12.4. The lowest BCUT2D eigenvalue weighted by molar-refractivity contribution is -0.217. The topological polar surface area (TPSA) is 85.2 Å². The van der Waals surface area contributed by atoms with Crippen LogP contribution in [-0.2, 0) is 19.0 Å². The molecule has 118 valence electrons. The number of carbonyl (C=O) groups is 1. The minimum atomic E-state index is -1.34. The summed E-state index contributed by atoms with van der Waals surface area (Å²) in [6.45, 7) is 3.51. The molecule has 6 atom stereocenters. The van der Waals surface area contributed by atoms with Crippen molar-refractivity contribution < 1.29 is 29.2 Å². The SMILES string of the molecule is CC1(C)O[C@@H]2C[C@H](O)[C@]3(O)CCCC[C@H]4OC(=O)[C@]2(O1)[C@H]43.